The second-order valence-corrected chi connectivity index (χ2v) is 6.24. The minimum Gasteiger partial charge on any atom is -0.454 e. The minimum absolute atomic E-state index is 0.273. The van der Waals surface area contributed by atoms with Crippen molar-refractivity contribution in [1.82, 2.24) is 4.98 Å². The van der Waals surface area contributed by atoms with Gasteiger partial charge in [0, 0.05) is 10.9 Å². The fourth-order valence-electron chi connectivity index (χ4n) is 2.34. The van der Waals surface area contributed by atoms with Gasteiger partial charge in [0.25, 0.3) is 0 Å². The smallest absolute Gasteiger partial charge is 0.231 e. The largest absolute Gasteiger partial charge is 0.454 e. The van der Waals surface area contributed by atoms with Crippen LogP contribution in [-0.2, 0) is 0 Å². The lowest BCUT2D eigenvalue weighted by molar-refractivity contribution is 0.174. The Bertz CT molecular complexity index is 888. The summed E-state index contributed by atoms with van der Waals surface area (Å²) in [6.07, 6.45) is 1.73. The first kappa shape index (κ1) is 14.7. The third-order valence-corrected chi connectivity index (χ3v) is 4.37. The van der Waals surface area contributed by atoms with Crippen LogP contribution in [0.5, 0.6) is 11.5 Å². The molecule has 0 spiro atoms. The Kier molecular flexibility index (Phi) is 3.88. The van der Waals surface area contributed by atoms with Crippen LogP contribution in [0.3, 0.4) is 0 Å². The van der Waals surface area contributed by atoms with Gasteiger partial charge < -0.3 is 9.47 Å². The summed E-state index contributed by atoms with van der Waals surface area (Å²) in [6, 6.07) is 14.0. The average molecular weight is 337 g/mol. The monoisotopic (exact) mass is 337 g/mol. The first-order valence-electron chi connectivity index (χ1n) is 7.49. The van der Waals surface area contributed by atoms with Crippen LogP contribution in [0.25, 0.3) is 11.3 Å². The van der Waals surface area contributed by atoms with Crippen molar-refractivity contribution in [3.05, 3.63) is 59.0 Å². The topological polar surface area (TPSA) is 55.7 Å². The molecule has 0 amide bonds. The normalized spacial score (nSPS) is 12.7. The number of rotatable bonds is 4. The molecule has 0 unspecified atom stereocenters. The molecular formula is C18H15N3O2S. The molecule has 6 heteroatoms. The second kappa shape index (κ2) is 6.33. The van der Waals surface area contributed by atoms with E-state index in [1.165, 1.54) is 16.9 Å². The number of fused-ring (bicyclic) bond motifs is 1. The van der Waals surface area contributed by atoms with E-state index in [9.17, 15) is 0 Å². The molecule has 0 saturated heterocycles. The molecule has 1 aliphatic heterocycles. The van der Waals surface area contributed by atoms with Crippen LogP contribution in [0, 0.1) is 6.92 Å². The number of hydrazone groups is 1. The number of aromatic nitrogens is 1. The van der Waals surface area contributed by atoms with Crippen molar-refractivity contribution in [2.75, 3.05) is 12.2 Å². The van der Waals surface area contributed by atoms with Crippen LogP contribution < -0.4 is 14.9 Å². The van der Waals surface area contributed by atoms with E-state index in [1.54, 1.807) is 6.21 Å². The van der Waals surface area contributed by atoms with Gasteiger partial charge in [-0.05, 0) is 30.7 Å². The van der Waals surface area contributed by atoms with Crippen molar-refractivity contribution in [3.8, 4) is 22.8 Å². The predicted octanol–water partition coefficient (Wildman–Crippen LogP) is 4.29. The lowest BCUT2D eigenvalue weighted by atomic mass is 10.1. The van der Waals surface area contributed by atoms with Crippen LogP contribution in [0.2, 0.25) is 0 Å². The molecule has 1 aromatic heterocycles. The van der Waals surface area contributed by atoms with Crippen molar-refractivity contribution in [2.24, 2.45) is 5.10 Å². The third kappa shape index (κ3) is 3.09. The first-order valence-corrected chi connectivity index (χ1v) is 8.37. The van der Waals surface area contributed by atoms with Gasteiger partial charge in [-0.1, -0.05) is 29.8 Å². The van der Waals surface area contributed by atoms with Gasteiger partial charge in [0.05, 0.1) is 11.9 Å². The maximum atomic E-state index is 5.35. The van der Waals surface area contributed by atoms with E-state index in [1.807, 2.05) is 23.6 Å². The number of ether oxygens (including phenoxy) is 2. The van der Waals surface area contributed by atoms with Crippen LogP contribution in [0.4, 0.5) is 5.13 Å². The maximum absolute atomic E-state index is 5.35. The molecule has 2 heterocycles. The van der Waals surface area contributed by atoms with Gasteiger partial charge in [-0.3, -0.25) is 5.43 Å². The van der Waals surface area contributed by atoms with Crippen molar-refractivity contribution < 1.29 is 9.47 Å². The van der Waals surface area contributed by atoms with E-state index < -0.39 is 0 Å². The fraction of sp³-hybridized carbons (Fsp3) is 0.111. The van der Waals surface area contributed by atoms with Gasteiger partial charge in [0.1, 0.15) is 0 Å². The standard InChI is InChI=1S/C18H15N3O2S/c1-12-2-5-14(6-3-12)15-10-24-18(20-15)21-19-9-13-4-7-16-17(8-13)23-11-22-16/h2-10H,11H2,1H3,(H,20,21)/b19-9+. The van der Waals surface area contributed by atoms with E-state index in [4.69, 9.17) is 9.47 Å². The Labute approximate surface area is 143 Å². The zero-order valence-electron chi connectivity index (χ0n) is 13.0. The molecule has 1 aliphatic rings. The fourth-order valence-corrected chi connectivity index (χ4v) is 3.01. The van der Waals surface area contributed by atoms with E-state index in [0.717, 1.165) is 33.5 Å². The molecule has 0 radical (unpaired) electrons. The highest BCUT2D eigenvalue weighted by atomic mass is 32.1. The summed E-state index contributed by atoms with van der Waals surface area (Å²) in [6.45, 7) is 2.34. The molecule has 24 heavy (non-hydrogen) atoms. The number of hydrogen-bond acceptors (Lipinski definition) is 6. The van der Waals surface area contributed by atoms with E-state index >= 15 is 0 Å². The molecule has 0 atom stereocenters. The van der Waals surface area contributed by atoms with Gasteiger partial charge in [0.15, 0.2) is 11.5 Å². The molecule has 1 N–H and O–H groups in total. The Morgan fingerprint density at radius 1 is 1.12 bits per heavy atom. The van der Waals surface area contributed by atoms with E-state index in [2.05, 4.69) is 46.7 Å². The van der Waals surface area contributed by atoms with Crippen molar-refractivity contribution in [3.63, 3.8) is 0 Å². The second-order valence-electron chi connectivity index (χ2n) is 5.39. The van der Waals surface area contributed by atoms with Crippen LogP contribution in [-0.4, -0.2) is 18.0 Å². The summed E-state index contributed by atoms with van der Waals surface area (Å²) >= 11 is 1.52. The molecule has 4 rings (SSSR count). The Balaban J connectivity index is 1.43. The summed E-state index contributed by atoms with van der Waals surface area (Å²) in [5.41, 5.74) is 7.18. The predicted molar refractivity (Wildman–Crippen MR) is 96.1 cm³/mol. The molecule has 0 bridgehead atoms. The number of nitrogens with zero attached hydrogens (tertiary/aromatic N) is 2. The molecular weight excluding hydrogens is 322 g/mol. The van der Waals surface area contributed by atoms with Gasteiger partial charge in [0.2, 0.25) is 11.9 Å². The van der Waals surface area contributed by atoms with Gasteiger partial charge in [-0.2, -0.15) is 5.10 Å². The lowest BCUT2D eigenvalue weighted by Gasteiger charge is -1.98. The zero-order valence-corrected chi connectivity index (χ0v) is 13.8. The zero-order chi connectivity index (χ0) is 16.4. The maximum Gasteiger partial charge on any atom is 0.231 e. The van der Waals surface area contributed by atoms with Crippen LogP contribution in [0.1, 0.15) is 11.1 Å². The minimum atomic E-state index is 0.273. The Morgan fingerprint density at radius 3 is 2.83 bits per heavy atom. The SMILES string of the molecule is Cc1ccc(-c2csc(N/N=C/c3ccc4c(c3)OCO4)n2)cc1. The van der Waals surface area contributed by atoms with Crippen molar-refractivity contribution in [1.29, 1.82) is 0 Å². The molecule has 120 valence electrons. The van der Waals surface area contributed by atoms with Crippen LogP contribution in [0.15, 0.2) is 52.9 Å². The number of benzene rings is 2. The molecule has 3 aromatic rings. The average Bonchev–Trinajstić information content (AvgIpc) is 3.24. The van der Waals surface area contributed by atoms with E-state index in [0.29, 0.717) is 0 Å². The number of hydrogen-bond donors (Lipinski definition) is 1. The van der Waals surface area contributed by atoms with Crippen LogP contribution >= 0.6 is 11.3 Å². The lowest BCUT2D eigenvalue weighted by Crippen LogP contribution is -1.93. The third-order valence-electron chi connectivity index (χ3n) is 3.62. The summed E-state index contributed by atoms with van der Waals surface area (Å²) in [5, 5.41) is 7.00. The van der Waals surface area contributed by atoms with Crippen molar-refractivity contribution >= 4 is 22.7 Å². The summed E-state index contributed by atoms with van der Waals surface area (Å²) in [5.74, 6) is 1.51. The van der Waals surface area contributed by atoms with Gasteiger partial charge >= 0.3 is 0 Å². The number of anilines is 1. The van der Waals surface area contributed by atoms with Crippen molar-refractivity contribution in [2.45, 2.75) is 6.92 Å². The highest BCUT2D eigenvalue weighted by Gasteiger charge is 2.12. The summed E-state index contributed by atoms with van der Waals surface area (Å²) in [4.78, 5) is 4.55. The van der Waals surface area contributed by atoms with Gasteiger partial charge in [-0.15, -0.1) is 11.3 Å². The molecule has 2 aromatic carbocycles. The first-order chi connectivity index (χ1) is 11.8. The summed E-state index contributed by atoms with van der Waals surface area (Å²) in [7, 11) is 0. The number of nitrogens with one attached hydrogen (secondary N) is 1. The Morgan fingerprint density at radius 2 is 1.96 bits per heavy atom. The van der Waals surface area contributed by atoms with Gasteiger partial charge in [-0.25, -0.2) is 4.98 Å². The highest BCUT2D eigenvalue weighted by Crippen LogP contribution is 2.32. The van der Waals surface area contributed by atoms with E-state index in [-0.39, 0.29) is 6.79 Å². The highest BCUT2D eigenvalue weighted by molar-refractivity contribution is 7.14. The number of thiazole rings is 1. The summed E-state index contributed by atoms with van der Waals surface area (Å²) < 4.78 is 10.6. The Hall–Kier alpha value is -2.86. The quantitative estimate of drug-likeness (QED) is 0.570. The molecule has 0 fully saturated rings. The number of aryl methyl sites for hydroxylation is 1. The molecule has 0 aliphatic carbocycles. The molecule has 0 saturated carbocycles. The molecule has 5 nitrogen and oxygen atoms in total.